The third-order valence-electron chi connectivity index (χ3n) is 3.02. The van der Waals surface area contributed by atoms with E-state index in [0.29, 0.717) is 0 Å². The van der Waals surface area contributed by atoms with Crippen molar-refractivity contribution in [3.63, 3.8) is 0 Å². The molecule has 0 radical (unpaired) electrons. The molecule has 0 amide bonds. The minimum atomic E-state index is -2.85. The Balaban J connectivity index is 4.74. The Morgan fingerprint density at radius 2 is 1.07 bits per heavy atom. The first-order valence-corrected chi connectivity index (χ1v) is 9.59. The average Bonchev–Trinajstić information content (AvgIpc) is 2.33. The summed E-state index contributed by atoms with van der Waals surface area (Å²) in [4.78, 5) is 0. The molecule has 0 unspecified atom stereocenters. The van der Waals surface area contributed by atoms with Crippen molar-refractivity contribution in [2.75, 3.05) is 21.3 Å². The van der Waals surface area contributed by atoms with Crippen molar-refractivity contribution in [1.29, 1.82) is 0 Å². The van der Waals surface area contributed by atoms with Gasteiger partial charge >= 0.3 is 9.05 Å². The fourth-order valence-corrected chi connectivity index (χ4v) is 8.46. The van der Waals surface area contributed by atoms with Gasteiger partial charge in [0.05, 0.1) is 0 Å². The second kappa shape index (κ2) is 6.77. The van der Waals surface area contributed by atoms with E-state index in [-0.39, 0.29) is 0 Å². The van der Waals surface area contributed by atoms with E-state index < -0.39 is 17.4 Å². The van der Waals surface area contributed by atoms with Gasteiger partial charge < -0.3 is 17.4 Å². The summed E-state index contributed by atoms with van der Waals surface area (Å²) < 4.78 is 22.0. The van der Waals surface area contributed by atoms with Gasteiger partial charge in [-0.1, -0.05) is 20.8 Å². The molecule has 0 aliphatic rings. The molecule has 0 aromatic heterocycles. The summed E-state index contributed by atoms with van der Waals surface area (Å²) in [6, 6.07) is 3.18. The van der Waals surface area contributed by atoms with Crippen LogP contribution in [0.25, 0.3) is 0 Å². The first kappa shape index (κ1) is 15.3. The summed E-state index contributed by atoms with van der Waals surface area (Å²) in [5, 5.41) is 0. The van der Waals surface area contributed by atoms with Crippen LogP contribution in [0.4, 0.5) is 0 Å². The third kappa shape index (κ3) is 3.65. The maximum Gasteiger partial charge on any atom is 0.668 e. The van der Waals surface area contributed by atoms with Crippen LogP contribution in [0.2, 0.25) is 18.1 Å². The highest BCUT2D eigenvalue weighted by molar-refractivity contribution is 6.80. The minimum absolute atomic E-state index is 1.06. The van der Waals surface area contributed by atoms with E-state index in [1.807, 2.05) is 0 Å². The van der Waals surface area contributed by atoms with Crippen LogP contribution in [0.15, 0.2) is 0 Å². The van der Waals surface area contributed by atoms with E-state index in [0.717, 1.165) is 18.1 Å². The van der Waals surface area contributed by atoms with Crippen LogP contribution in [0.3, 0.4) is 0 Å². The standard InChI is InChI=1S/C9H24O4Si2/c1-7-14(8-2,9-3)13-15(10-4,11-5)12-6/h7-9H2,1-6H3. The molecule has 0 bridgehead atoms. The zero-order valence-corrected chi connectivity index (χ0v) is 12.8. The number of rotatable bonds is 8. The van der Waals surface area contributed by atoms with E-state index in [4.69, 9.17) is 17.4 Å². The predicted molar refractivity (Wildman–Crippen MR) is 65.1 cm³/mol. The molecule has 4 nitrogen and oxygen atoms in total. The Kier molecular flexibility index (Phi) is 6.89. The van der Waals surface area contributed by atoms with Gasteiger partial charge in [-0.05, 0) is 18.1 Å². The van der Waals surface area contributed by atoms with Crippen molar-refractivity contribution in [3.8, 4) is 0 Å². The molecule has 0 aliphatic heterocycles. The summed E-state index contributed by atoms with van der Waals surface area (Å²) in [6.07, 6.45) is 0. The molecule has 0 aromatic rings. The first-order valence-electron chi connectivity index (χ1n) is 5.43. The fourth-order valence-electron chi connectivity index (χ4n) is 1.61. The van der Waals surface area contributed by atoms with Crippen LogP contribution in [0.1, 0.15) is 20.8 Å². The second-order valence-electron chi connectivity index (χ2n) is 3.46. The Hall–Kier alpha value is 0.274. The number of hydrogen-bond donors (Lipinski definition) is 0. The monoisotopic (exact) mass is 252 g/mol. The van der Waals surface area contributed by atoms with Gasteiger partial charge in [-0.15, -0.1) is 0 Å². The Bertz CT molecular complexity index is 135. The Morgan fingerprint density at radius 3 is 1.27 bits per heavy atom. The molecule has 0 heterocycles. The molecule has 0 spiro atoms. The van der Waals surface area contributed by atoms with E-state index in [1.165, 1.54) is 0 Å². The molecule has 0 saturated heterocycles. The summed E-state index contributed by atoms with van der Waals surface area (Å²) in [5.74, 6) is 0. The average molecular weight is 252 g/mol. The van der Waals surface area contributed by atoms with Gasteiger partial charge in [0.2, 0.25) is 0 Å². The van der Waals surface area contributed by atoms with E-state index >= 15 is 0 Å². The summed E-state index contributed by atoms with van der Waals surface area (Å²) in [6.45, 7) is 6.50. The zero-order valence-electron chi connectivity index (χ0n) is 10.8. The van der Waals surface area contributed by atoms with Crippen molar-refractivity contribution in [2.45, 2.75) is 38.9 Å². The highest BCUT2D eigenvalue weighted by atomic mass is 28.5. The van der Waals surface area contributed by atoms with Crippen LogP contribution < -0.4 is 0 Å². The Morgan fingerprint density at radius 1 is 0.733 bits per heavy atom. The van der Waals surface area contributed by atoms with E-state index in [1.54, 1.807) is 21.3 Å². The van der Waals surface area contributed by atoms with Crippen molar-refractivity contribution in [3.05, 3.63) is 0 Å². The highest BCUT2D eigenvalue weighted by Crippen LogP contribution is 2.26. The van der Waals surface area contributed by atoms with E-state index in [2.05, 4.69) is 20.8 Å². The molecule has 0 rings (SSSR count). The van der Waals surface area contributed by atoms with Crippen molar-refractivity contribution in [2.24, 2.45) is 0 Å². The lowest BCUT2D eigenvalue weighted by Gasteiger charge is -2.35. The summed E-state index contributed by atoms with van der Waals surface area (Å²) in [5.41, 5.74) is 0. The van der Waals surface area contributed by atoms with Gasteiger partial charge in [0.15, 0.2) is 8.32 Å². The predicted octanol–water partition coefficient (Wildman–Crippen LogP) is 2.38. The zero-order chi connectivity index (χ0) is 11.9. The number of hydrogen-bond acceptors (Lipinski definition) is 4. The molecule has 0 aliphatic carbocycles. The molecule has 0 aromatic carbocycles. The fraction of sp³-hybridized carbons (Fsp3) is 1.00. The molecular weight excluding hydrogens is 228 g/mol. The van der Waals surface area contributed by atoms with Crippen molar-refractivity contribution < 1.29 is 17.4 Å². The molecule has 0 atom stereocenters. The van der Waals surface area contributed by atoms with Gasteiger partial charge in [-0.25, -0.2) is 0 Å². The summed E-state index contributed by atoms with van der Waals surface area (Å²) >= 11 is 0. The lowest BCUT2D eigenvalue weighted by atomic mass is 10.9. The lowest BCUT2D eigenvalue weighted by Crippen LogP contribution is -2.55. The smallest absolute Gasteiger partial charge is 0.394 e. The first-order chi connectivity index (χ1) is 7.07. The third-order valence-corrected chi connectivity index (χ3v) is 11.1. The lowest BCUT2D eigenvalue weighted by molar-refractivity contribution is 0.0469. The molecule has 92 valence electrons. The van der Waals surface area contributed by atoms with Crippen molar-refractivity contribution >= 4 is 17.4 Å². The largest absolute Gasteiger partial charge is 0.668 e. The van der Waals surface area contributed by atoms with Crippen LogP contribution in [-0.2, 0) is 17.4 Å². The molecule has 0 fully saturated rings. The quantitative estimate of drug-likeness (QED) is 0.622. The molecule has 15 heavy (non-hydrogen) atoms. The SMILES string of the molecule is CC[Si](CC)(CC)O[Si](OC)(OC)OC. The van der Waals surface area contributed by atoms with Gasteiger partial charge in [-0.3, -0.25) is 0 Å². The van der Waals surface area contributed by atoms with Crippen LogP contribution >= 0.6 is 0 Å². The molecular formula is C9H24O4Si2. The van der Waals surface area contributed by atoms with Gasteiger partial charge in [0.25, 0.3) is 0 Å². The topological polar surface area (TPSA) is 36.9 Å². The second-order valence-corrected chi connectivity index (χ2v) is 11.0. The normalized spacial score (nSPS) is 13.2. The van der Waals surface area contributed by atoms with Gasteiger partial charge in [0.1, 0.15) is 0 Å². The molecule has 6 heteroatoms. The van der Waals surface area contributed by atoms with Crippen LogP contribution in [0, 0.1) is 0 Å². The van der Waals surface area contributed by atoms with Gasteiger partial charge in [-0.2, -0.15) is 0 Å². The highest BCUT2D eigenvalue weighted by Gasteiger charge is 2.49. The maximum atomic E-state index is 6.13. The molecule has 0 saturated carbocycles. The van der Waals surface area contributed by atoms with Crippen LogP contribution in [0.5, 0.6) is 0 Å². The Labute approximate surface area is 95.5 Å². The maximum absolute atomic E-state index is 6.13. The van der Waals surface area contributed by atoms with Gasteiger partial charge in [0, 0.05) is 21.3 Å². The summed E-state index contributed by atoms with van der Waals surface area (Å²) in [7, 11) is 0.165. The minimum Gasteiger partial charge on any atom is -0.394 e. The van der Waals surface area contributed by atoms with Crippen LogP contribution in [-0.4, -0.2) is 38.7 Å². The van der Waals surface area contributed by atoms with Crippen molar-refractivity contribution in [1.82, 2.24) is 0 Å². The van der Waals surface area contributed by atoms with E-state index in [9.17, 15) is 0 Å². The molecule has 0 N–H and O–H groups in total.